The molecule has 0 spiro atoms. The van der Waals surface area contributed by atoms with Crippen molar-refractivity contribution in [3.8, 4) is 0 Å². The quantitative estimate of drug-likeness (QED) is 0.684. The van der Waals surface area contributed by atoms with E-state index in [0.29, 0.717) is 6.54 Å². The molecular weight excluding hydrogens is 182 g/mol. The molecule has 0 aromatic heterocycles. The molecule has 84 valence electrons. The zero-order chi connectivity index (χ0) is 10.7. The first-order valence-electron chi connectivity index (χ1n) is 5.26. The van der Waals surface area contributed by atoms with Gasteiger partial charge in [0.05, 0.1) is 18.3 Å². The first-order valence-corrected chi connectivity index (χ1v) is 5.26. The van der Waals surface area contributed by atoms with Gasteiger partial charge in [-0.15, -0.1) is 0 Å². The van der Waals surface area contributed by atoms with E-state index in [-0.39, 0.29) is 12.2 Å². The molecule has 0 bridgehead atoms. The average Bonchev–Trinajstić information content (AvgIpc) is 2.50. The monoisotopic (exact) mass is 203 g/mol. The number of hydrogen-bond donors (Lipinski definition) is 2. The summed E-state index contributed by atoms with van der Waals surface area (Å²) < 4.78 is 5.64. The third-order valence-corrected chi connectivity index (χ3v) is 2.45. The molecule has 4 heteroatoms. The number of aliphatic hydroxyl groups is 2. The molecule has 2 N–H and O–H groups in total. The summed E-state index contributed by atoms with van der Waals surface area (Å²) in [5.41, 5.74) is 0. The molecule has 1 saturated heterocycles. The highest BCUT2D eigenvalue weighted by atomic mass is 16.5. The van der Waals surface area contributed by atoms with Crippen LogP contribution in [0.4, 0.5) is 0 Å². The van der Waals surface area contributed by atoms with E-state index in [4.69, 9.17) is 4.74 Å². The minimum absolute atomic E-state index is 0.198. The number of nitrogens with zero attached hydrogens (tertiary/aromatic N) is 1. The van der Waals surface area contributed by atoms with E-state index >= 15 is 0 Å². The van der Waals surface area contributed by atoms with Gasteiger partial charge in [0.15, 0.2) is 0 Å². The fourth-order valence-corrected chi connectivity index (χ4v) is 1.80. The van der Waals surface area contributed by atoms with Crippen LogP contribution >= 0.6 is 0 Å². The zero-order valence-corrected chi connectivity index (χ0v) is 9.18. The van der Waals surface area contributed by atoms with E-state index in [1.165, 1.54) is 0 Å². The van der Waals surface area contributed by atoms with Crippen LogP contribution in [-0.4, -0.2) is 52.7 Å². The SMILES string of the molecule is CC(C)OC1CCN(C(O)C(C)O)C1. The fraction of sp³-hybridized carbons (Fsp3) is 1.00. The van der Waals surface area contributed by atoms with Gasteiger partial charge >= 0.3 is 0 Å². The van der Waals surface area contributed by atoms with Gasteiger partial charge in [-0.2, -0.15) is 0 Å². The van der Waals surface area contributed by atoms with Crippen molar-refractivity contribution in [2.24, 2.45) is 0 Å². The Balaban J connectivity index is 2.33. The van der Waals surface area contributed by atoms with Crippen molar-refractivity contribution in [1.29, 1.82) is 0 Å². The molecule has 3 unspecified atom stereocenters. The van der Waals surface area contributed by atoms with E-state index in [1.807, 2.05) is 18.7 Å². The number of hydrogen-bond acceptors (Lipinski definition) is 4. The normalized spacial score (nSPS) is 28.3. The van der Waals surface area contributed by atoms with E-state index in [9.17, 15) is 10.2 Å². The molecule has 1 rings (SSSR count). The van der Waals surface area contributed by atoms with Crippen LogP contribution in [0.2, 0.25) is 0 Å². The molecule has 4 nitrogen and oxygen atoms in total. The highest BCUT2D eigenvalue weighted by molar-refractivity contribution is 4.79. The molecule has 1 heterocycles. The summed E-state index contributed by atoms with van der Waals surface area (Å²) in [6.45, 7) is 7.12. The summed E-state index contributed by atoms with van der Waals surface area (Å²) in [4.78, 5) is 1.86. The van der Waals surface area contributed by atoms with Crippen LogP contribution < -0.4 is 0 Å². The van der Waals surface area contributed by atoms with Crippen LogP contribution in [0.25, 0.3) is 0 Å². The largest absolute Gasteiger partial charge is 0.389 e. The van der Waals surface area contributed by atoms with Crippen LogP contribution in [0.1, 0.15) is 27.2 Å². The van der Waals surface area contributed by atoms with Crippen LogP contribution in [0.5, 0.6) is 0 Å². The first-order chi connectivity index (χ1) is 6.50. The number of aliphatic hydroxyl groups excluding tert-OH is 2. The second-order valence-electron chi connectivity index (χ2n) is 4.24. The zero-order valence-electron chi connectivity index (χ0n) is 9.18. The molecule has 0 aliphatic carbocycles. The molecule has 0 aromatic carbocycles. The average molecular weight is 203 g/mol. The predicted molar refractivity (Wildman–Crippen MR) is 53.9 cm³/mol. The van der Waals surface area contributed by atoms with Gasteiger partial charge < -0.3 is 14.9 Å². The highest BCUT2D eigenvalue weighted by Gasteiger charge is 2.30. The standard InChI is InChI=1S/C10H21NO3/c1-7(2)14-9-4-5-11(6-9)10(13)8(3)12/h7-10,12-13H,4-6H2,1-3H3. The molecule has 1 aliphatic heterocycles. The molecule has 3 atom stereocenters. The maximum atomic E-state index is 9.60. The van der Waals surface area contributed by atoms with Gasteiger partial charge in [0.1, 0.15) is 6.23 Å². The summed E-state index contributed by atoms with van der Waals surface area (Å²) in [5.74, 6) is 0. The van der Waals surface area contributed by atoms with Gasteiger partial charge in [-0.1, -0.05) is 0 Å². The van der Waals surface area contributed by atoms with Gasteiger partial charge in [0.2, 0.25) is 0 Å². The van der Waals surface area contributed by atoms with Crippen molar-refractivity contribution in [3.63, 3.8) is 0 Å². The van der Waals surface area contributed by atoms with E-state index in [0.717, 1.165) is 13.0 Å². The Morgan fingerprint density at radius 3 is 2.43 bits per heavy atom. The van der Waals surface area contributed by atoms with Crippen LogP contribution in [0, 0.1) is 0 Å². The molecular formula is C10H21NO3. The summed E-state index contributed by atoms with van der Waals surface area (Å²) in [5, 5.41) is 18.8. The van der Waals surface area contributed by atoms with Crippen LogP contribution in [-0.2, 0) is 4.74 Å². The smallest absolute Gasteiger partial charge is 0.133 e. The summed E-state index contributed by atoms with van der Waals surface area (Å²) in [6, 6.07) is 0. The Morgan fingerprint density at radius 2 is 1.93 bits per heavy atom. The maximum Gasteiger partial charge on any atom is 0.133 e. The van der Waals surface area contributed by atoms with E-state index in [2.05, 4.69) is 0 Å². The first kappa shape index (κ1) is 11.9. The molecule has 1 fully saturated rings. The summed E-state index contributed by atoms with van der Waals surface area (Å²) >= 11 is 0. The lowest BCUT2D eigenvalue weighted by Crippen LogP contribution is -2.41. The van der Waals surface area contributed by atoms with Gasteiger partial charge in [-0.25, -0.2) is 0 Å². The van der Waals surface area contributed by atoms with Gasteiger partial charge in [-0.3, -0.25) is 4.90 Å². The minimum atomic E-state index is -0.754. The molecule has 0 amide bonds. The summed E-state index contributed by atoms with van der Waals surface area (Å²) in [6.07, 6.45) is -0.0993. The topological polar surface area (TPSA) is 52.9 Å². The van der Waals surface area contributed by atoms with E-state index < -0.39 is 12.3 Å². The van der Waals surface area contributed by atoms with Gasteiger partial charge in [-0.05, 0) is 27.2 Å². The Kier molecular flexibility index (Phi) is 4.31. The van der Waals surface area contributed by atoms with Gasteiger partial charge in [0.25, 0.3) is 0 Å². The Morgan fingerprint density at radius 1 is 1.29 bits per heavy atom. The second-order valence-corrected chi connectivity index (χ2v) is 4.24. The molecule has 0 radical (unpaired) electrons. The fourth-order valence-electron chi connectivity index (χ4n) is 1.80. The maximum absolute atomic E-state index is 9.60. The van der Waals surface area contributed by atoms with Crippen molar-refractivity contribution >= 4 is 0 Å². The lowest BCUT2D eigenvalue weighted by atomic mass is 10.3. The lowest BCUT2D eigenvalue weighted by Gasteiger charge is -2.25. The van der Waals surface area contributed by atoms with Crippen LogP contribution in [0.3, 0.4) is 0 Å². The van der Waals surface area contributed by atoms with Crippen molar-refractivity contribution < 1.29 is 14.9 Å². The predicted octanol–water partition coefficient (Wildman–Crippen LogP) is 0.185. The minimum Gasteiger partial charge on any atom is -0.389 e. The lowest BCUT2D eigenvalue weighted by molar-refractivity contribution is -0.0746. The van der Waals surface area contributed by atoms with Crippen molar-refractivity contribution in [1.82, 2.24) is 4.90 Å². The number of rotatable bonds is 4. The van der Waals surface area contributed by atoms with Crippen molar-refractivity contribution in [2.45, 2.75) is 51.7 Å². The molecule has 1 aliphatic rings. The Labute approximate surface area is 85.5 Å². The Bertz CT molecular complexity index is 173. The van der Waals surface area contributed by atoms with E-state index in [1.54, 1.807) is 6.92 Å². The van der Waals surface area contributed by atoms with Crippen molar-refractivity contribution in [3.05, 3.63) is 0 Å². The van der Waals surface area contributed by atoms with Crippen molar-refractivity contribution in [2.75, 3.05) is 13.1 Å². The van der Waals surface area contributed by atoms with Crippen LogP contribution in [0.15, 0.2) is 0 Å². The highest BCUT2D eigenvalue weighted by Crippen LogP contribution is 2.17. The third-order valence-electron chi connectivity index (χ3n) is 2.45. The number of likely N-dealkylation sites (tertiary alicyclic amines) is 1. The Hall–Kier alpha value is -0.160. The summed E-state index contributed by atoms with van der Waals surface area (Å²) in [7, 11) is 0. The molecule has 14 heavy (non-hydrogen) atoms. The third kappa shape index (κ3) is 3.20. The number of ether oxygens (including phenoxy) is 1. The molecule has 0 saturated carbocycles. The molecule has 0 aromatic rings. The van der Waals surface area contributed by atoms with Gasteiger partial charge in [0, 0.05) is 13.1 Å². The second kappa shape index (κ2) is 5.07.